The maximum atomic E-state index is 12.0. The summed E-state index contributed by atoms with van der Waals surface area (Å²) < 4.78 is 11.2. The van der Waals surface area contributed by atoms with Gasteiger partial charge in [0.15, 0.2) is 0 Å². The third kappa shape index (κ3) is 6.93. The number of carbonyl (C=O) groups is 1. The number of halogens is 1. The number of hydrogen-bond donors (Lipinski definition) is 0. The van der Waals surface area contributed by atoms with Gasteiger partial charge in [0, 0.05) is 25.6 Å². The summed E-state index contributed by atoms with van der Waals surface area (Å²) in [7, 11) is 2.09. The van der Waals surface area contributed by atoms with E-state index in [1.807, 2.05) is 12.1 Å². The van der Waals surface area contributed by atoms with Gasteiger partial charge in [-0.3, -0.25) is 0 Å². The van der Waals surface area contributed by atoms with E-state index in [9.17, 15) is 4.79 Å². The molecule has 0 unspecified atom stereocenters. The lowest BCUT2D eigenvalue weighted by atomic mass is 9.89. The Hall–Kier alpha value is -1.88. The number of rotatable bonds is 8. The molecule has 0 N–H and O–H groups in total. The first kappa shape index (κ1) is 22.4. The Balaban J connectivity index is 0.00000280. The van der Waals surface area contributed by atoms with E-state index in [4.69, 9.17) is 9.47 Å². The average molecular weight is 404 g/mol. The SMILES string of the molecule is CN1CCC(OC(=O)COCCC(c2ccccc2)c2ccccc2)CC1.Cl. The van der Waals surface area contributed by atoms with Gasteiger partial charge in [0.2, 0.25) is 0 Å². The molecule has 2 aromatic carbocycles. The second-order valence-electron chi connectivity index (χ2n) is 7.21. The highest BCUT2D eigenvalue weighted by atomic mass is 35.5. The fraction of sp³-hybridized carbons (Fsp3) is 0.435. The number of nitrogens with zero attached hydrogens (tertiary/aromatic N) is 1. The summed E-state index contributed by atoms with van der Waals surface area (Å²) in [6.07, 6.45) is 2.69. The highest BCUT2D eigenvalue weighted by Crippen LogP contribution is 2.27. The van der Waals surface area contributed by atoms with Gasteiger partial charge in [-0.05, 0) is 37.4 Å². The highest BCUT2D eigenvalue weighted by Gasteiger charge is 2.20. The number of benzene rings is 2. The maximum Gasteiger partial charge on any atom is 0.332 e. The number of esters is 1. The normalized spacial score (nSPS) is 15.2. The summed E-state index contributed by atoms with van der Waals surface area (Å²) in [5.74, 6) is 0.0119. The van der Waals surface area contributed by atoms with E-state index in [-0.39, 0.29) is 37.0 Å². The lowest BCUT2D eigenvalue weighted by Gasteiger charge is -2.28. The summed E-state index contributed by atoms with van der Waals surface area (Å²) in [5, 5.41) is 0. The fourth-order valence-corrected chi connectivity index (χ4v) is 3.58. The van der Waals surface area contributed by atoms with Crippen molar-refractivity contribution in [1.82, 2.24) is 4.90 Å². The van der Waals surface area contributed by atoms with Crippen molar-refractivity contribution in [2.45, 2.75) is 31.3 Å². The Bertz CT molecular complexity index is 648. The van der Waals surface area contributed by atoms with Gasteiger partial charge in [-0.25, -0.2) is 4.79 Å². The van der Waals surface area contributed by atoms with Crippen LogP contribution in [0.2, 0.25) is 0 Å². The molecular weight excluding hydrogens is 374 g/mol. The Morgan fingerprint density at radius 3 is 2.07 bits per heavy atom. The fourth-order valence-electron chi connectivity index (χ4n) is 3.58. The maximum absolute atomic E-state index is 12.0. The van der Waals surface area contributed by atoms with Crippen LogP contribution in [0.4, 0.5) is 0 Å². The first-order valence-electron chi connectivity index (χ1n) is 9.78. The van der Waals surface area contributed by atoms with Crippen molar-refractivity contribution in [3.63, 3.8) is 0 Å². The molecule has 0 amide bonds. The lowest BCUT2D eigenvalue weighted by molar-refractivity contribution is -0.156. The molecule has 0 aliphatic carbocycles. The third-order valence-corrected chi connectivity index (χ3v) is 5.14. The number of hydrogen-bond acceptors (Lipinski definition) is 4. The highest BCUT2D eigenvalue weighted by molar-refractivity contribution is 5.85. The molecule has 0 spiro atoms. The molecule has 152 valence electrons. The topological polar surface area (TPSA) is 38.8 Å². The van der Waals surface area contributed by atoms with Gasteiger partial charge in [0.25, 0.3) is 0 Å². The molecule has 0 aromatic heterocycles. The molecule has 0 saturated carbocycles. The summed E-state index contributed by atoms with van der Waals surface area (Å²) in [6, 6.07) is 20.9. The van der Waals surface area contributed by atoms with Crippen molar-refractivity contribution in [2.75, 3.05) is 33.4 Å². The molecule has 2 aromatic rings. The summed E-state index contributed by atoms with van der Waals surface area (Å²) in [6.45, 7) is 2.52. The van der Waals surface area contributed by atoms with Gasteiger partial charge in [-0.1, -0.05) is 60.7 Å². The molecule has 4 nitrogen and oxygen atoms in total. The van der Waals surface area contributed by atoms with E-state index in [1.165, 1.54) is 11.1 Å². The Labute approximate surface area is 174 Å². The van der Waals surface area contributed by atoms with Crippen molar-refractivity contribution in [3.8, 4) is 0 Å². The van der Waals surface area contributed by atoms with Crippen LogP contribution in [0.3, 0.4) is 0 Å². The molecule has 1 aliphatic heterocycles. The predicted molar refractivity (Wildman–Crippen MR) is 114 cm³/mol. The van der Waals surface area contributed by atoms with Crippen LogP contribution in [-0.2, 0) is 14.3 Å². The van der Waals surface area contributed by atoms with E-state index < -0.39 is 0 Å². The molecule has 0 atom stereocenters. The average Bonchev–Trinajstić information content (AvgIpc) is 2.71. The van der Waals surface area contributed by atoms with Crippen LogP contribution in [0.1, 0.15) is 36.3 Å². The summed E-state index contributed by atoms with van der Waals surface area (Å²) in [4.78, 5) is 14.3. The van der Waals surface area contributed by atoms with Crippen molar-refractivity contribution in [1.29, 1.82) is 0 Å². The standard InChI is InChI=1S/C23H29NO3.ClH/c1-24-15-12-21(13-16-24)27-23(25)18-26-17-14-22(19-8-4-2-5-9-19)20-10-6-3-7-11-20;/h2-11,21-22H,12-18H2,1H3;1H. The van der Waals surface area contributed by atoms with E-state index >= 15 is 0 Å². The van der Waals surface area contributed by atoms with E-state index in [0.717, 1.165) is 32.4 Å². The number of ether oxygens (including phenoxy) is 2. The number of piperidine rings is 1. The first-order valence-corrected chi connectivity index (χ1v) is 9.78. The van der Waals surface area contributed by atoms with Gasteiger partial charge >= 0.3 is 5.97 Å². The molecule has 0 radical (unpaired) electrons. The molecule has 1 saturated heterocycles. The van der Waals surface area contributed by atoms with Crippen LogP contribution in [0.25, 0.3) is 0 Å². The third-order valence-electron chi connectivity index (χ3n) is 5.14. The second-order valence-corrected chi connectivity index (χ2v) is 7.21. The van der Waals surface area contributed by atoms with E-state index in [0.29, 0.717) is 6.61 Å². The van der Waals surface area contributed by atoms with Crippen molar-refractivity contribution >= 4 is 18.4 Å². The second kappa shape index (κ2) is 11.8. The van der Waals surface area contributed by atoms with Crippen LogP contribution >= 0.6 is 12.4 Å². The molecule has 0 bridgehead atoms. The minimum absolute atomic E-state index is 0. The van der Waals surface area contributed by atoms with Crippen molar-refractivity contribution < 1.29 is 14.3 Å². The Morgan fingerprint density at radius 2 is 1.54 bits per heavy atom. The van der Waals surface area contributed by atoms with Gasteiger partial charge in [-0.2, -0.15) is 0 Å². The quantitative estimate of drug-likeness (QED) is 0.487. The van der Waals surface area contributed by atoms with Crippen LogP contribution in [-0.4, -0.2) is 50.3 Å². The summed E-state index contributed by atoms with van der Waals surface area (Å²) >= 11 is 0. The van der Waals surface area contributed by atoms with Gasteiger partial charge in [0.1, 0.15) is 12.7 Å². The number of likely N-dealkylation sites (tertiary alicyclic amines) is 1. The van der Waals surface area contributed by atoms with Gasteiger partial charge in [-0.15, -0.1) is 12.4 Å². The minimum atomic E-state index is -0.250. The van der Waals surface area contributed by atoms with Crippen LogP contribution < -0.4 is 0 Å². The van der Waals surface area contributed by atoms with Crippen molar-refractivity contribution in [3.05, 3.63) is 71.8 Å². The molecule has 1 aliphatic rings. The lowest BCUT2D eigenvalue weighted by Crippen LogP contribution is -2.35. The molecule has 3 rings (SSSR count). The zero-order valence-electron chi connectivity index (χ0n) is 16.5. The minimum Gasteiger partial charge on any atom is -0.461 e. The van der Waals surface area contributed by atoms with E-state index in [1.54, 1.807) is 0 Å². The molecule has 5 heteroatoms. The van der Waals surface area contributed by atoms with Gasteiger partial charge < -0.3 is 14.4 Å². The zero-order chi connectivity index (χ0) is 18.9. The van der Waals surface area contributed by atoms with E-state index in [2.05, 4.69) is 60.5 Å². The van der Waals surface area contributed by atoms with Crippen LogP contribution in [0.15, 0.2) is 60.7 Å². The first-order chi connectivity index (χ1) is 13.2. The summed E-state index contributed by atoms with van der Waals surface area (Å²) in [5.41, 5.74) is 2.53. The molecule has 1 heterocycles. The predicted octanol–water partition coefficient (Wildman–Crippen LogP) is 4.28. The van der Waals surface area contributed by atoms with Crippen molar-refractivity contribution in [2.24, 2.45) is 0 Å². The monoisotopic (exact) mass is 403 g/mol. The van der Waals surface area contributed by atoms with Crippen LogP contribution in [0, 0.1) is 0 Å². The zero-order valence-corrected chi connectivity index (χ0v) is 17.3. The molecular formula is C23H30ClNO3. The molecule has 28 heavy (non-hydrogen) atoms. The largest absolute Gasteiger partial charge is 0.461 e. The van der Waals surface area contributed by atoms with Crippen LogP contribution in [0.5, 0.6) is 0 Å². The van der Waals surface area contributed by atoms with Gasteiger partial charge in [0.05, 0.1) is 0 Å². The number of carbonyl (C=O) groups excluding carboxylic acids is 1. The molecule has 1 fully saturated rings. The Kier molecular flexibility index (Phi) is 9.48. The Morgan fingerprint density at radius 1 is 1.00 bits per heavy atom. The smallest absolute Gasteiger partial charge is 0.332 e.